The van der Waals surface area contributed by atoms with Crippen LogP contribution in [0.4, 0.5) is 0 Å². The van der Waals surface area contributed by atoms with Gasteiger partial charge in [-0.2, -0.15) is 0 Å². The average molecular weight is 334 g/mol. The summed E-state index contributed by atoms with van der Waals surface area (Å²) in [7, 11) is -1.57. The van der Waals surface area contributed by atoms with E-state index in [-0.39, 0.29) is 12.6 Å². The molecule has 0 saturated carbocycles. The lowest BCUT2D eigenvalue weighted by Crippen LogP contribution is -2.49. The van der Waals surface area contributed by atoms with Gasteiger partial charge < -0.3 is 10.1 Å². The van der Waals surface area contributed by atoms with Gasteiger partial charge in [0.1, 0.15) is 5.25 Å². The first-order valence-corrected chi connectivity index (χ1v) is 8.14. The highest BCUT2D eigenvalue weighted by atomic mass is 79.9. The second-order valence-corrected chi connectivity index (χ2v) is 7.38. The predicted molar refractivity (Wildman–Crippen MR) is 73.4 cm³/mol. The van der Waals surface area contributed by atoms with E-state index in [1.807, 2.05) is 6.07 Å². The zero-order valence-electron chi connectivity index (χ0n) is 10.1. The van der Waals surface area contributed by atoms with Gasteiger partial charge in [-0.1, -0.05) is 22.0 Å². The number of ether oxygens (including phenoxy) is 1. The van der Waals surface area contributed by atoms with Crippen molar-refractivity contribution in [3.8, 4) is 0 Å². The van der Waals surface area contributed by atoms with Crippen molar-refractivity contribution >= 4 is 25.8 Å². The topological polar surface area (TPSA) is 55.4 Å². The molecular formula is C12H16BrNO3S. The second kappa shape index (κ2) is 5.69. The Morgan fingerprint density at radius 3 is 2.89 bits per heavy atom. The number of nitrogens with one attached hydrogen (secondary N) is 1. The molecule has 1 aromatic rings. The van der Waals surface area contributed by atoms with E-state index in [1.54, 1.807) is 25.2 Å². The summed E-state index contributed by atoms with van der Waals surface area (Å²) >= 11 is 3.30. The van der Waals surface area contributed by atoms with Crippen molar-refractivity contribution in [2.75, 3.05) is 20.3 Å². The van der Waals surface area contributed by atoms with Crippen LogP contribution >= 0.6 is 15.9 Å². The molecule has 0 spiro atoms. The van der Waals surface area contributed by atoms with E-state index in [1.165, 1.54) is 0 Å². The standard InChI is InChI=1S/C12H16BrNO3S/c1-14-11-5-6-17-8-12(11)18(15,16)10-4-2-3-9(13)7-10/h2-4,7,11-12,14H,5-6,8H2,1H3. The van der Waals surface area contributed by atoms with E-state index < -0.39 is 15.1 Å². The fourth-order valence-corrected chi connectivity index (χ4v) is 4.61. The highest BCUT2D eigenvalue weighted by Gasteiger charge is 2.36. The molecule has 1 heterocycles. The molecule has 0 aliphatic carbocycles. The largest absolute Gasteiger partial charge is 0.380 e. The van der Waals surface area contributed by atoms with E-state index in [4.69, 9.17) is 4.74 Å². The first-order valence-electron chi connectivity index (χ1n) is 5.80. The average Bonchev–Trinajstić information content (AvgIpc) is 2.38. The van der Waals surface area contributed by atoms with Crippen LogP contribution in [0.25, 0.3) is 0 Å². The quantitative estimate of drug-likeness (QED) is 0.912. The van der Waals surface area contributed by atoms with Crippen molar-refractivity contribution < 1.29 is 13.2 Å². The molecule has 1 aliphatic rings. The summed E-state index contributed by atoms with van der Waals surface area (Å²) in [5.74, 6) is 0. The van der Waals surface area contributed by atoms with Crippen molar-refractivity contribution in [2.24, 2.45) is 0 Å². The lowest BCUT2D eigenvalue weighted by molar-refractivity contribution is 0.0825. The number of benzene rings is 1. The highest BCUT2D eigenvalue weighted by molar-refractivity contribution is 9.10. The zero-order valence-corrected chi connectivity index (χ0v) is 12.5. The third-order valence-electron chi connectivity index (χ3n) is 3.20. The zero-order chi connectivity index (χ0) is 13.2. The van der Waals surface area contributed by atoms with Crippen LogP contribution in [-0.4, -0.2) is 40.0 Å². The van der Waals surface area contributed by atoms with Crippen molar-refractivity contribution in [2.45, 2.75) is 22.6 Å². The Labute approximate surface area is 116 Å². The molecule has 1 saturated heterocycles. The number of hydrogen-bond acceptors (Lipinski definition) is 4. The Balaban J connectivity index is 2.35. The molecule has 1 fully saturated rings. The monoisotopic (exact) mass is 333 g/mol. The molecule has 100 valence electrons. The number of rotatable bonds is 3. The second-order valence-electron chi connectivity index (χ2n) is 4.30. The summed E-state index contributed by atoms with van der Waals surface area (Å²) in [5.41, 5.74) is 0. The van der Waals surface area contributed by atoms with Gasteiger partial charge >= 0.3 is 0 Å². The van der Waals surface area contributed by atoms with Gasteiger partial charge in [0, 0.05) is 17.1 Å². The normalized spacial score (nSPS) is 25.0. The Bertz CT molecular complexity index is 518. The molecule has 0 amide bonds. The number of sulfone groups is 1. The van der Waals surface area contributed by atoms with Gasteiger partial charge in [-0.3, -0.25) is 0 Å². The Morgan fingerprint density at radius 1 is 1.44 bits per heavy atom. The minimum atomic E-state index is -3.36. The minimum Gasteiger partial charge on any atom is -0.380 e. The van der Waals surface area contributed by atoms with Crippen LogP contribution in [0, 0.1) is 0 Å². The van der Waals surface area contributed by atoms with Gasteiger partial charge in [0.05, 0.1) is 11.5 Å². The molecular weight excluding hydrogens is 318 g/mol. The molecule has 2 atom stereocenters. The Kier molecular flexibility index (Phi) is 4.42. The van der Waals surface area contributed by atoms with Crippen LogP contribution in [0.15, 0.2) is 33.6 Å². The molecule has 2 rings (SSSR count). The SMILES string of the molecule is CNC1CCOCC1S(=O)(=O)c1cccc(Br)c1. The maximum Gasteiger partial charge on any atom is 0.185 e. The van der Waals surface area contributed by atoms with Crippen LogP contribution in [0.1, 0.15) is 6.42 Å². The fourth-order valence-electron chi connectivity index (χ4n) is 2.17. The molecule has 6 heteroatoms. The van der Waals surface area contributed by atoms with Gasteiger partial charge in [-0.05, 0) is 31.7 Å². The van der Waals surface area contributed by atoms with Crippen molar-refractivity contribution in [1.82, 2.24) is 5.32 Å². The molecule has 0 radical (unpaired) electrons. The molecule has 0 aromatic heterocycles. The van der Waals surface area contributed by atoms with Gasteiger partial charge in [-0.25, -0.2) is 8.42 Å². The molecule has 18 heavy (non-hydrogen) atoms. The van der Waals surface area contributed by atoms with E-state index >= 15 is 0 Å². The van der Waals surface area contributed by atoms with Gasteiger partial charge in [0.25, 0.3) is 0 Å². The Morgan fingerprint density at radius 2 is 2.22 bits per heavy atom. The molecule has 1 aromatic carbocycles. The first-order chi connectivity index (χ1) is 8.55. The maximum absolute atomic E-state index is 12.6. The number of halogens is 1. The van der Waals surface area contributed by atoms with Gasteiger partial charge in [0.2, 0.25) is 0 Å². The summed E-state index contributed by atoms with van der Waals surface area (Å²) in [6, 6.07) is 6.75. The smallest absolute Gasteiger partial charge is 0.185 e. The van der Waals surface area contributed by atoms with Crippen molar-refractivity contribution in [1.29, 1.82) is 0 Å². The van der Waals surface area contributed by atoms with Crippen LogP contribution in [0.2, 0.25) is 0 Å². The first kappa shape index (κ1) is 14.0. The lowest BCUT2D eigenvalue weighted by atomic mass is 10.1. The molecule has 4 nitrogen and oxygen atoms in total. The summed E-state index contributed by atoms with van der Waals surface area (Å²) in [6.07, 6.45) is 0.717. The fraction of sp³-hybridized carbons (Fsp3) is 0.500. The summed E-state index contributed by atoms with van der Waals surface area (Å²) in [5, 5.41) is 2.55. The van der Waals surface area contributed by atoms with Crippen molar-refractivity contribution in [3.05, 3.63) is 28.7 Å². The number of hydrogen-bond donors (Lipinski definition) is 1. The van der Waals surface area contributed by atoms with Gasteiger partial charge in [0.15, 0.2) is 9.84 Å². The predicted octanol–water partition coefficient (Wildman–Crippen LogP) is 1.60. The highest BCUT2D eigenvalue weighted by Crippen LogP contribution is 2.25. The van der Waals surface area contributed by atoms with Crippen molar-refractivity contribution in [3.63, 3.8) is 0 Å². The molecule has 0 bridgehead atoms. The maximum atomic E-state index is 12.6. The lowest BCUT2D eigenvalue weighted by Gasteiger charge is -2.30. The van der Waals surface area contributed by atoms with E-state index in [9.17, 15) is 8.42 Å². The van der Waals surface area contributed by atoms with Crippen LogP contribution < -0.4 is 5.32 Å². The summed E-state index contributed by atoms with van der Waals surface area (Å²) in [4.78, 5) is 0.340. The molecule has 1 aliphatic heterocycles. The van der Waals surface area contributed by atoms with E-state index in [0.717, 1.165) is 4.47 Å². The molecule has 1 N–H and O–H groups in total. The molecule has 2 unspecified atom stereocenters. The van der Waals surface area contributed by atoms with Crippen LogP contribution in [0.5, 0.6) is 0 Å². The van der Waals surface area contributed by atoms with E-state index in [0.29, 0.717) is 17.9 Å². The summed E-state index contributed by atoms with van der Waals surface area (Å²) in [6.45, 7) is 0.858. The third kappa shape index (κ3) is 2.77. The van der Waals surface area contributed by atoms with Crippen LogP contribution in [-0.2, 0) is 14.6 Å². The summed E-state index contributed by atoms with van der Waals surface area (Å²) < 4.78 is 31.2. The van der Waals surface area contributed by atoms with Crippen LogP contribution in [0.3, 0.4) is 0 Å². The van der Waals surface area contributed by atoms with Gasteiger partial charge in [-0.15, -0.1) is 0 Å². The Hall–Kier alpha value is -0.430. The minimum absolute atomic E-state index is 0.0530. The van der Waals surface area contributed by atoms with E-state index in [2.05, 4.69) is 21.2 Å². The third-order valence-corrected chi connectivity index (χ3v) is 5.86.